The minimum Gasteiger partial charge on any atom is -0.387 e. The molecule has 1 aliphatic rings. The molecule has 78 valence electrons. The van der Waals surface area contributed by atoms with Gasteiger partial charge in [-0.3, -0.25) is 0 Å². The van der Waals surface area contributed by atoms with Crippen LogP contribution in [0, 0.1) is 0 Å². The van der Waals surface area contributed by atoms with Gasteiger partial charge in [0.2, 0.25) is 0 Å². The molecule has 2 N–H and O–H groups in total. The molecule has 0 saturated carbocycles. The number of rotatable bonds is 2. The molecule has 0 bridgehead atoms. The molecule has 2 rings (SSSR count). The number of aliphatic hydroxyl groups excluding tert-OH is 1. The third kappa shape index (κ3) is 2.35. The summed E-state index contributed by atoms with van der Waals surface area (Å²) >= 11 is 1.65. The van der Waals surface area contributed by atoms with Gasteiger partial charge < -0.3 is 10.4 Å². The van der Waals surface area contributed by atoms with Crippen LogP contribution in [0.5, 0.6) is 0 Å². The zero-order valence-corrected chi connectivity index (χ0v) is 9.09. The van der Waals surface area contributed by atoms with Gasteiger partial charge >= 0.3 is 0 Å². The Kier molecular flexibility index (Phi) is 3.56. The largest absolute Gasteiger partial charge is 0.387 e. The summed E-state index contributed by atoms with van der Waals surface area (Å²) in [6, 6.07) is 2.27. The molecule has 0 aromatic carbocycles. The van der Waals surface area contributed by atoms with Crippen LogP contribution < -0.4 is 5.32 Å². The van der Waals surface area contributed by atoms with Crippen LogP contribution in [-0.4, -0.2) is 17.7 Å². The summed E-state index contributed by atoms with van der Waals surface area (Å²) in [5.74, 6) is 0. The van der Waals surface area contributed by atoms with Gasteiger partial charge in [0.15, 0.2) is 0 Å². The summed E-state index contributed by atoms with van der Waals surface area (Å²) in [4.78, 5) is 0. The Morgan fingerprint density at radius 3 is 3.14 bits per heavy atom. The second-order valence-corrected chi connectivity index (χ2v) is 4.69. The van der Waals surface area contributed by atoms with Crippen molar-refractivity contribution < 1.29 is 5.11 Å². The molecule has 0 spiro atoms. The van der Waals surface area contributed by atoms with Crippen molar-refractivity contribution in [3.05, 3.63) is 22.4 Å². The molecule has 1 saturated heterocycles. The predicted molar refractivity (Wildman–Crippen MR) is 59.5 cm³/mol. The highest BCUT2D eigenvalue weighted by molar-refractivity contribution is 7.07. The number of hydrogen-bond donors (Lipinski definition) is 2. The van der Waals surface area contributed by atoms with Crippen molar-refractivity contribution >= 4 is 11.3 Å². The van der Waals surface area contributed by atoms with E-state index in [-0.39, 0.29) is 12.1 Å². The monoisotopic (exact) mass is 211 g/mol. The van der Waals surface area contributed by atoms with E-state index in [1.807, 2.05) is 16.8 Å². The second kappa shape index (κ2) is 4.91. The molecule has 2 heterocycles. The van der Waals surface area contributed by atoms with Gasteiger partial charge in [-0.2, -0.15) is 11.3 Å². The second-order valence-electron chi connectivity index (χ2n) is 3.91. The van der Waals surface area contributed by atoms with Crippen molar-refractivity contribution in [3.8, 4) is 0 Å². The molecule has 1 fully saturated rings. The Balaban J connectivity index is 1.99. The van der Waals surface area contributed by atoms with Gasteiger partial charge in [-0.1, -0.05) is 12.8 Å². The lowest BCUT2D eigenvalue weighted by Gasteiger charge is -2.21. The third-order valence-corrected chi connectivity index (χ3v) is 3.57. The fourth-order valence-corrected chi connectivity index (χ4v) is 2.69. The van der Waals surface area contributed by atoms with Gasteiger partial charge in [0.1, 0.15) is 0 Å². The summed E-state index contributed by atoms with van der Waals surface area (Å²) in [6.45, 7) is 1.05. The first-order valence-electron chi connectivity index (χ1n) is 5.31. The fraction of sp³-hybridized carbons (Fsp3) is 0.636. The van der Waals surface area contributed by atoms with Crippen molar-refractivity contribution in [3.63, 3.8) is 0 Å². The van der Waals surface area contributed by atoms with Gasteiger partial charge in [-0.05, 0) is 41.8 Å². The zero-order valence-electron chi connectivity index (χ0n) is 8.28. The molecular formula is C11H17NOS. The summed E-state index contributed by atoms with van der Waals surface area (Å²) in [6.07, 6.45) is 4.54. The number of thiophene rings is 1. The Morgan fingerprint density at radius 1 is 1.43 bits per heavy atom. The zero-order chi connectivity index (χ0) is 9.80. The minimum absolute atomic E-state index is 0.257. The lowest BCUT2D eigenvalue weighted by molar-refractivity contribution is 0.126. The summed E-state index contributed by atoms with van der Waals surface area (Å²) in [5, 5.41) is 17.6. The Bertz CT molecular complexity index is 252. The van der Waals surface area contributed by atoms with E-state index >= 15 is 0 Å². The van der Waals surface area contributed by atoms with E-state index < -0.39 is 0 Å². The average Bonchev–Trinajstić information content (AvgIpc) is 2.59. The average molecular weight is 211 g/mol. The van der Waals surface area contributed by atoms with Crippen LogP contribution in [0.4, 0.5) is 0 Å². The maximum atomic E-state index is 10.1. The first kappa shape index (κ1) is 10.1. The van der Waals surface area contributed by atoms with Crippen LogP contribution in [0.3, 0.4) is 0 Å². The molecule has 0 aliphatic carbocycles. The van der Waals surface area contributed by atoms with Crippen LogP contribution >= 0.6 is 11.3 Å². The van der Waals surface area contributed by atoms with E-state index in [1.54, 1.807) is 11.3 Å². The molecule has 0 radical (unpaired) electrons. The quantitative estimate of drug-likeness (QED) is 0.787. The molecule has 14 heavy (non-hydrogen) atoms. The fourth-order valence-electron chi connectivity index (χ4n) is 2.00. The van der Waals surface area contributed by atoms with E-state index in [0.29, 0.717) is 0 Å². The minimum atomic E-state index is -0.320. The molecule has 2 nitrogen and oxygen atoms in total. The smallest absolute Gasteiger partial charge is 0.0950 e. The molecule has 3 heteroatoms. The first-order chi connectivity index (χ1) is 6.88. The van der Waals surface area contributed by atoms with E-state index in [1.165, 1.54) is 19.3 Å². The van der Waals surface area contributed by atoms with E-state index in [9.17, 15) is 5.11 Å². The van der Waals surface area contributed by atoms with Crippen LogP contribution in [0.25, 0.3) is 0 Å². The van der Waals surface area contributed by atoms with Crippen LogP contribution in [0.15, 0.2) is 16.8 Å². The standard InChI is InChI=1S/C11H17NOS/c13-11(9-5-7-14-8-9)10-4-2-1-3-6-12-10/h5,7-8,10-13H,1-4,6H2. The molecule has 2 atom stereocenters. The van der Waals surface area contributed by atoms with Crippen molar-refractivity contribution in [2.24, 2.45) is 0 Å². The lowest BCUT2D eigenvalue weighted by Crippen LogP contribution is -2.34. The molecular weight excluding hydrogens is 194 g/mol. The number of aliphatic hydroxyl groups is 1. The maximum Gasteiger partial charge on any atom is 0.0950 e. The molecule has 1 aromatic rings. The van der Waals surface area contributed by atoms with Gasteiger partial charge in [-0.15, -0.1) is 0 Å². The summed E-state index contributed by atoms with van der Waals surface area (Å²) < 4.78 is 0. The van der Waals surface area contributed by atoms with E-state index in [4.69, 9.17) is 0 Å². The third-order valence-electron chi connectivity index (χ3n) is 2.86. The first-order valence-corrected chi connectivity index (χ1v) is 6.26. The summed E-state index contributed by atoms with van der Waals surface area (Å²) in [5.41, 5.74) is 1.06. The molecule has 2 unspecified atom stereocenters. The van der Waals surface area contributed by atoms with Crippen molar-refractivity contribution in [2.45, 2.75) is 37.8 Å². The highest BCUT2D eigenvalue weighted by atomic mass is 32.1. The topological polar surface area (TPSA) is 32.3 Å². The van der Waals surface area contributed by atoms with Crippen LogP contribution in [0.1, 0.15) is 37.4 Å². The highest BCUT2D eigenvalue weighted by Gasteiger charge is 2.21. The maximum absolute atomic E-state index is 10.1. The Morgan fingerprint density at radius 2 is 2.36 bits per heavy atom. The molecule has 0 amide bonds. The number of nitrogens with one attached hydrogen (secondary N) is 1. The summed E-state index contributed by atoms with van der Waals surface area (Å²) in [7, 11) is 0. The molecule has 1 aromatic heterocycles. The molecule has 1 aliphatic heterocycles. The van der Waals surface area contributed by atoms with Crippen molar-refractivity contribution in [1.82, 2.24) is 5.32 Å². The van der Waals surface area contributed by atoms with Gasteiger partial charge in [0.05, 0.1) is 6.10 Å². The Labute approximate surface area is 89.0 Å². The number of hydrogen-bond acceptors (Lipinski definition) is 3. The van der Waals surface area contributed by atoms with Gasteiger partial charge in [-0.25, -0.2) is 0 Å². The van der Waals surface area contributed by atoms with Crippen molar-refractivity contribution in [2.75, 3.05) is 6.54 Å². The van der Waals surface area contributed by atoms with Crippen LogP contribution in [0.2, 0.25) is 0 Å². The lowest BCUT2D eigenvalue weighted by atomic mass is 10.0. The van der Waals surface area contributed by atoms with Crippen molar-refractivity contribution in [1.29, 1.82) is 0 Å². The van der Waals surface area contributed by atoms with E-state index in [2.05, 4.69) is 5.32 Å². The predicted octanol–water partition coefficient (Wildman–Crippen LogP) is 2.31. The van der Waals surface area contributed by atoms with Crippen LogP contribution in [-0.2, 0) is 0 Å². The SMILES string of the molecule is OC(c1ccsc1)C1CCCCCN1. The Hall–Kier alpha value is -0.380. The van der Waals surface area contributed by atoms with E-state index in [0.717, 1.165) is 18.5 Å². The normalized spacial score (nSPS) is 25.6. The van der Waals surface area contributed by atoms with Gasteiger partial charge in [0, 0.05) is 6.04 Å². The van der Waals surface area contributed by atoms with Gasteiger partial charge in [0.25, 0.3) is 0 Å². The highest BCUT2D eigenvalue weighted by Crippen LogP contribution is 2.24.